The highest BCUT2D eigenvalue weighted by Crippen LogP contribution is 2.21. The summed E-state index contributed by atoms with van der Waals surface area (Å²) in [5.74, 6) is 0.0764. The smallest absolute Gasteiger partial charge is 0.254 e. The first kappa shape index (κ1) is 16.6. The molecule has 7 nitrogen and oxygen atoms in total. The van der Waals surface area contributed by atoms with Gasteiger partial charge in [-0.2, -0.15) is 4.68 Å². The summed E-state index contributed by atoms with van der Waals surface area (Å²) in [5, 5.41) is 14.4. The quantitative estimate of drug-likeness (QED) is 0.911. The van der Waals surface area contributed by atoms with Crippen molar-refractivity contribution in [1.29, 1.82) is 0 Å². The predicted octanol–water partition coefficient (Wildman–Crippen LogP) is 2.57. The molecule has 1 aromatic carbocycles. The number of hydrogen-bond acceptors (Lipinski definition) is 5. The van der Waals surface area contributed by atoms with Crippen molar-refractivity contribution in [1.82, 2.24) is 20.2 Å². The van der Waals surface area contributed by atoms with E-state index in [0.29, 0.717) is 5.95 Å². The van der Waals surface area contributed by atoms with E-state index < -0.39 is 0 Å². The molecule has 0 bridgehead atoms. The van der Waals surface area contributed by atoms with E-state index >= 15 is 0 Å². The Morgan fingerprint density at radius 2 is 1.96 bits per heavy atom. The maximum absolute atomic E-state index is 12.2. The number of rotatable bonds is 5. The number of hydrogen-bond donors (Lipinski definition) is 1. The van der Waals surface area contributed by atoms with Crippen molar-refractivity contribution in [3.8, 4) is 5.69 Å². The number of nitrogens with zero attached hydrogens (tertiary/aromatic N) is 4. The molecule has 2 aromatic rings. The second-order valence-corrected chi connectivity index (χ2v) is 6.27. The van der Waals surface area contributed by atoms with Crippen LogP contribution in [0.5, 0.6) is 0 Å². The van der Waals surface area contributed by atoms with Gasteiger partial charge in [-0.1, -0.05) is 42.6 Å². The second kappa shape index (κ2) is 7.53. The second-order valence-electron chi connectivity index (χ2n) is 6.27. The van der Waals surface area contributed by atoms with Gasteiger partial charge in [0.1, 0.15) is 6.61 Å². The van der Waals surface area contributed by atoms with Gasteiger partial charge in [0.2, 0.25) is 0 Å². The van der Waals surface area contributed by atoms with Crippen molar-refractivity contribution in [3.05, 3.63) is 29.3 Å². The van der Waals surface area contributed by atoms with Gasteiger partial charge in [-0.15, -0.1) is 0 Å². The van der Waals surface area contributed by atoms with Crippen LogP contribution in [0.1, 0.15) is 43.2 Å². The van der Waals surface area contributed by atoms with E-state index in [2.05, 4.69) is 20.8 Å². The number of carbonyl (C=O) groups is 1. The first-order valence-corrected chi connectivity index (χ1v) is 8.41. The van der Waals surface area contributed by atoms with Gasteiger partial charge in [-0.05, 0) is 48.2 Å². The maximum atomic E-state index is 12.2. The van der Waals surface area contributed by atoms with Crippen molar-refractivity contribution in [2.75, 3.05) is 11.9 Å². The number of carbonyl (C=O) groups excluding carboxylic acids is 1. The van der Waals surface area contributed by atoms with Crippen molar-refractivity contribution in [2.24, 2.45) is 0 Å². The number of aryl methyl sites for hydroxylation is 2. The van der Waals surface area contributed by atoms with Crippen LogP contribution >= 0.6 is 0 Å². The van der Waals surface area contributed by atoms with E-state index in [1.807, 2.05) is 32.0 Å². The average molecular weight is 329 g/mol. The minimum atomic E-state index is -0.233. The number of ether oxygens (including phenoxy) is 1. The molecule has 1 amide bonds. The molecule has 24 heavy (non-hydrogen) atoms. The molecule has 128 valence electrons. The van der Waals surface area contributed by atoms with Crippen molar-refractivity contribution in [3.63, 3.8) is 0 Å². The van der Waals surface area contributed by atoms with Crippen LogP contribution in [0.15, 0.2) is 18.2 Å². The summed E-state index contributed by atoms with van der Waals surface area (Å²) in [5.41, 5.74) is 2.96. The maximum Gasteiger partial charge on any atom is 0.254 e. The number of para-hydroxylation sites is 1. The molecule has 0 aliphatic heterocycles. The highest BCUT2D eigenvalue weighted by molar-refractivity contribution is 5.90. The number of benzene rings is 1. The molecule has 1 aromatic heterocycles. The van der Waals surface area contributed by atoms with E-state index in [0.717, 1.165) is 29.7 Å². The van der Waals surface area contributed by atoms with E-state index in [1.54, 1.807) is 4.68 Å². The summed E-state index contributed by atoms with van der Waals surface area (Å²) in [6.07, 6.45) is 5.88. The van der Waals surface area contributed by atoms with E-state index in [9.17, 15) is 4.79 Å². The number of tetrazole rings is 1. The van der Waals surface area contributed by atoms with Gasteiger partial charge in [-0.3, -0.25) is 10.1 Å². The minimum Gasteiger partial charge on any atom is -0.368 e. The van der Waals surface area contributed by atoms with Gasteiger partial charge in [-0.25, -0.2) is 0 Å². The zero-order chi connectivity index (χ0) is 16.9. The van der Waals surface area contributed by atoms with Crippen molar-refractivity contribution < 1.29 is 9.53 Å². The first-order chi connectivity index (χ1) is 11.6. The number of aromatic nitrogens is 4. The summed E-state index contributed by atoms with van der Waals surface area (Å²) >= 11 is 0. The van der Waals surface area contributed by atoms with Gasteiger partial charge in [0.25, 0.3) is 11.9 Å². The lowest BCUT2D eigenvalue weighted by Crippen LogP contribution is -2.26. The van der Waals surface area contributed by atoms with Crippen LogP contribution in [0.3, 0.4) is 0 Å². The number of anilines is 1. The van der Waals surface area contributed by atoms with Crippen LogP contribution in [0.2, 0.25) is 0 Å². The molecule has 1 heterocycles. The third-order valence-corrected chi connectivity index (χ3v) is 4.37. The molecule has 0 unspecified atom stereocenters. The highest BCUT2D eigenvalue weighted by Gasteiger charge is 2.18. The molecule has 0 radical (unpaired) electrons. The molecule has 1 N–H and O–H groups in total. The molecular weight excluding hydrogens is 306 g/mol. The Bertz CT molecular complexity index is 687. The monoisotopic (exact) mass is 329 g/mol. The molecule has 0 spiro atoms. The molecule has 1 aliphatic rings. The summed E-state index contributed by atoms with van der Waals surface area (Å²) in [6, 6.07) is 5.96. The molecule has 3 rings (SSSR count). The Balaban J connectivity index is 1.66. The number of amides is 1. The van der Waals surface area contributed by atoms with Gasteiger partial charge in [0, 0.05) is 0 Å². The molecule has 1 aliphatic carbocycles. The fourth-order valence-corrected chi connectivity index (χ4v) is 3.14. The average Bonchev–Trinajstić information content (AvgIpc) is 3.02. The Labute approximate surface area is 141 Å². The summed E-state index contributed by atoms with van der Waals surface area (Å²) in [4.78, 5) is 12.2. The lowest BCUT2D eigenvalue weighted by Gasteiger charge is -2.21. The van der Waals surface area contributed by atoms with E-state index in [-0.39, 0.29) is 18.6 Å². The molecule has 7 heteroatoms. The number of nitrogens with one attached hydrogen (secondary N) is 1. The first-order valence-electron chi connectivity index (χ1n) is 8.41. The molecule has 0 saturated heterocycles. The van der Waals surface area contributed by atoms with Gasteiger partial charge in [0.05, 0.1) is 11.8 Å². The largest absolute Gasteiger partial charge is 0.368 e. The lowest BCUT2D eigenvalue weighted by atomic mass is 9.98. The normalized spacial score (nSPS) is 15.4. The van der Waals surface area contributed by atoms with Crippen LogP contribution in [-0.2, 0) is 9.53 Å². The molecule has 1 saturated carbocycles. The van der Waals surface area contributed by atoms with Gasteiger partial charge >= 0.3 is 0 Å². The van der Waals surface area contributed by atoms with Crippen LogP contribution in [0, 0.1) is 13.8 Å². The Hall–Kier alpha value is -2.28. The topological polar surface area (TPSA) is 81.9 Å². The lowest BCUT2D eigenvalue weighted by molar-refractivity contribution is -0.123. The van der Waals surface area contributed by atoms with E-state index in [4.69, 9.17) is 4.74 Å². The molecule has 1 fully saturated rings. The zero-order valence-corrected chi connectivity index (χ0v) is 14.2. The standard InChI is InChI=1S/C17H23N5O2/c1-12-7-6-8-13(2)16(12)22-17(19-20-21-22)18-15(23)11-24-14-9-4-3-5-10-14/h6-8,14H,3-5,9-11H2,1-2H3,(H,18,19,21,23). The van der Waals surface area contributed by atoms with Crippen LogP contribution in [-0.4, -0.2) is 38.8 Å². The van der Waals surface area contributed by atoms with Crippen LogP contribution in [0.25, 0.3) is 5.69 Å². The van der Waals surface area contributed by atoms with Crippen molar-refractivity contribution >= 4 is 11.9 Å². The summed E-state index contributed by atoms with van der Waals surface area (Å²) in [6.45, 7) is 4.01. The van der Waals surface area contributed by atoms with Gasteiger partial charge in [0.15, 0.2) is 0 Å². The van der Waals surface area contributed by atoms with E-state index in [1.165, 1.54) is 19.3 Å². The minimum absolute atomic E-state index is 0.0320. The van der Waals surface area contributed by atoms with Gasteiger partial charge < -0.3 is 4.74 Å². The Morgan fingerprint density at radius 3 is 2.67 bits per heavy atom. The van der Waals surface area contributed by atoms with Crippen LogP contribution < -0.4 is 5.32 Å². The van der Waals surface area contributed by atoms with Crippen LogP contribution in [0.4, 0.5) is 5.95 Å². The predicted molar refractivity (Wildman–Crippen MR) is 90.1 cm³/mol. The van der Waals surface area contributed by atoms with Crippen molar-refractivity contribution in [2.45, 2.75) is 52.1 Å². The SMILES string of the molecule is Cc1cccc(C)c1-n1nnnc1NC(=O)COC1CCCCC1. The third kappa shape index (κ3) is 3.79. The Morgan fingerprint density at radius 1 is 1.25 bits per heavy atom. The summed E-state index contributed by atoms with van der Waals surface area (Å²) < 4.78 is 7.26. The fraction of sp³-hybridized carbons (Fsp3) is 0.529. The molecular formula is C17H23N5O2. The zero-order valence-electron chi connectivity index (χ0n) is 14.2. The summed E-state index contributed by atoms with van der Waals surface area (Å²) in [7, 11) is 0. The third-order valence-electron chi connectivity index (χ3n) is 4.37. The fourth-order valence-electron chi connectivity index (χ4n) is 3.14. The Kier molecular flexibility index (Phi) is 5.20. The molecule has 0 atom stereocenters. The highest BCUT2D eigenvalue weighted by atomic mass is 16.5.